The Morgan fingerprint density at radius 1 is 1.38 bits per heavy atom. The monoisotopic (exact) mass is 182 g/mol. The van der Waals surface area contributed by atoms with Gasteiger partial charge in [-0.25, -0.2) is 4.98 Å². The van der Waals surface area contributed by atoms with Crippen LogP contribution >= 0.6 is 0 Å². The summed E-state index contributed by atoms with van der Waals surface area (Å²) in [5.74, 6) is 1.23. The average Bonchev–Trinajstić information content (AvgIpc) is 2.16. The maximum Gasteiger partial charge on any atom is 0.221 e. The minimum Gasteiger partial charge on any atom is -0.496 e. The van der Waals surface area contributed by atoms with Gasteiger partial charge >= 0.3 is 0 Å². The molecular weight excluding hydrogens is 168 g/mol. The number of nitrogens with zero attached hydrogens (tertiary/aromatic N) is 1. The fraction of sp³-hybridized carbons (Fsp3) is 0.444. The van der Waals surface area contributed by atoms with Crippen LogP contribution in [0.5, 0.6) is 11.6 Å². The molecule has 0 spiro atoms. The van der Waals surface area contributed by atoms with Crippen molar-refractivity contribution in [2.75, 3.05) is 14.2 Å². The van der Waals surface area contributed by atoms with Gasteiger partial charge in [-0.1, -0.05) is 0 Å². The summed E-state index contributed by atoms with van der Waals surface area (Å²) in [6.07, 6.45) is 1.63. The fourth-order valence-electron chi connectivity index (χ4n) is 1.20. The molecule has 13 heavy (non-hydrogen) atoms. The third-order valence-electron chi connectivity index (χ3n) is 1.78. The molecule has 1 rings (SSSR count). The third kappa shape index (κ3) is 1.89. The molecule has 0 aliphatic heterocycles. The third-order valence-corrected chi connectivity index (χ3v) is 1.78. The van der Waals surface area contributed by atoms with Gasteiger partial charge in [0, 0.05) is 12.2 Å². The van der Waals surface area contributed by atoms with E-state index < -0.39 is 0 Å². The average molecular weight is 182 g/mol. The van der Waals surface area contributed by atoms with Crippen molar-refractivity contribution in [1.29, 1.82) is 0 Å². The van der Waals surface area contributed by atoms with Gasteiger partial charge in [0.1, 0.15) is 5.75 Å². The molecule has 0 amide bonds. The predicted molar refractivity (Wildman–Crippen MR) is 49.9 cm³/mol. The molecule has 0 saturated carbocycles. The largest absolute Gasteiger partial charge is 0.496 e. The highest BCUT2D eigenvalue weighted by Crippen LogP contribution is 2.30. The topological polar surface area (TPSA) is 57.4 Å². The van der Waals surface area contributed by atoms with Crippen molar-refractivity contribution in [1.82, 2.24) is 4.98 Å². The molecule has 0 fully saturated rings. The Labute approximate surface area is 77.7 Å². The molecule has 0 aromatic carbocycles. The summed E-state index contributed by atoms with van der Waals surface area (Å²) < 4.78 is 10.2. The number of hydrogen-bond donors (Lipinski definition) is 1. The first-order valence-corrected chi connectivity index (χ1v) is 4.03. The van der Waals surface area contributed by atoms with Crippen molar-refractivity contribution < 1.29 is 9.47 Å². The first-order chi connectivity index (χ1) is 6.20. The van der Waals surface area contributed by atoms with E-state index in [0.29, 0.717) is 11.6 Å². The lowest BCUT2D eigenvalue weighted by molar-refractivity contribution is 0.369. The molecule has 0 radical (unpaired) electrons. The zero-order valence-electron chi connectivity index (χ0n) is 8.07. The lowest BCUT2D eigenvalue weighted by atomic mass is 10.1. The number of hydrogen-bond acceptors (Lipinski definition) is 4. The van der Waals surface area contributed by atoms with Crippen LogP contribution in [-0.4, -0.2) is 19.2 Å². The molecule has 1 atom stereocenters. The van der Waals surface area contributed by atoms with Gasteiger partial charge in [0.25, 0.3) is 0 Å². The van der Waals surface area contributed by atoms with Crippen LogP contribution in [0.3, 0.4) is 0 Å². The summed E-state index contributed by atoms with van der Waals surface area (Å²) in [7, 11) is 3.16. The van der Waals surface area contributed by atoms with Crippen LogP contribution in [0.4, 0.5) is 0 Å². The van der Waals surface area contributed by atoms with Crippen molar-refractivity contribution in [2.45, 2.75) is 13.0 Å². The summed E-state index contributed by atoms with van der Waals surface area (Å²) in [5, 5.41) is 0. The quantitative estimate of drug-likeness (QED) is 0.761. The Bertz CT molecular complexity index is 265. The molecule has 2 N–H and O–H groups in total. The highest BCUT2D eigenvalue weighted by molar-refractivity contribution is 5.41. The van der Waals surface area contributed by atoms with Crippen molar-refractivity contribution >= 4 is 0 Å². The Balaban J connectivity index is 3.21. The maximum atomic E-state index is 5.77. The van der Waals surface area contributed by atoms with E-state index in [-0.39, 0.29) is 6.04 Å². The van der Waals surface area contributed by atoms with Gasteiger partial charge in [-0.05, 0) is 13.0 Å². The number of aromatic nitrogens is 1. The molecular formula is C9H14N2O2. The molecule has 0 saturated heterocycles. The highest BCUT2D eigenvalue weighted by Gasteiger charge is 2.14. The maximum absolute atomic E-state index is 5.77. The first-order valence-electron chi connectivity index (χ1n) is 4.03. The molecule has 4 nitrogen and oxygen atoms in total. The van der Waals surface area contributed by atoms with Gasteiger partial charge < -0.3 is 15.2 Å². The smallest absolute Gasteiger partial charge is 0.221 e. The Morgan fingerprint density at radius 2 is 2.08 bits per heavy atom. The molecule has 0 aliphatic rings. The zero-order valence-corrected chi connectivity index (χ0v) is 8.07. The summed E-state index contributed by atoms with van der Waals surface area (Å²) in [5.41, 5.74) is 6.57. The van der Waals surface area contributed by atoms with E-state index in [2.05, 4.69) is 4.98 Å². The Kier molecular flexibility index (Phi) is 3.08. The number of methoxy groups -OCH3 is 2. The molecule has 0 bridgehead atoms. The van der Waals surface area contributed by atoms with Gasteiger partial charge in [0.15, 0.2) is 0 Å². The minimum atomic E-state index is -0.154. The first kappa shape index (κ1) is 9.80. The summed E-state index contributed by atoms with van der Waals surface area (Å²) in [6, 6.07) is 1.61. The SMILES string of the molecule is COc1ccnc(OC)c1[C@H](C)N. The number of ether oxygens (including phenoxy) is 2. The molecule has 4 heteroatoms. The Morgan fingerprint density at radius 3 is 2.54 bits per heavy atom. The van der Waals surface area contributed by atoms with Crippen LogP contribution in [0.15, 0.2) is 12.3 Å². The second-order valence-corrected chi connectivity index (χ2v) is 2.72. The van der Waals surface area contributed by atoms with E-state index >= 15 is 0 Å². The van der Waals surface area contributed by atoms with Crippen LogP contribution in [0.25, 0.3) is 0 Å². The standard InChI is InChI=1S/C9H14N2O2/c1-6(10)8-7(12-2)4-5-11-9(8)13-3/h4-6H,10H2,1-3H3/t6-/m0/s1. The van der Waals surface area contributed by atoms with Gasteiger partial charge in [-0.15, -0.1) is 0 Å². The van der Waals surface area contributed by atoms with Crippen molar-refractivity contribution in [3.8, 4) is 11.6 Å². The summed E-state index contributed by atoms with van der Waals surface area (Å²) in [4.78, 5) is 4.04. The van der Waals surface area contributed by atoms with Crippen LogP contribution in [0, 0.1) is 0 Å². The lowest BCUT2D eigenvalue weighted by Gasteiger charge is -2.13. The predicted octanol–water partition coefficient (Wildman–Crippen LogP) is 1.12. The van der Waals surface area contributed by atoms with E-state index in [1.807, 2.05) is 6.92 Å². The van der Waals surface area contributed by atoms with E-state index in [1.165, 1.54) is 0 Å². The van der Waals surface area contributed by atoms with E-state index in [0.717, 1.165) is 5.56 Å². The molecule has 0 aliphatic carbocycles. The fourth-order valence-corrected chi connectivity index (χ4v) is 1.20. The van der Waals surface area contributed by atoms with E-state index in [4.69, 9.17) is 15.2 Å². The van der Waals surface area contributed by atoms with Gasteiger partial charge in [0.05, 0.1) is 19.8 Å². The molecule has 1 aromatic heterocycles. The summed E-state index contributed by atoms with van der Waals surface area (Å²) >= 11 is 0. The molecule has 72 valence electrons. The number of nitrogens with two attached hydrogens (primary N) is 1. The van der Waals surface area contributed by atoms with Crippen LogP contribution in [-0.2, 0) is 0 Å². The van der Waals surface area contributed by atoms with E-state index in [1.54, 1.807) is 26.5 Å². The molecule has 1 aromatic rings. The van der Waals surface area contributed by atoms with Crippen LogP contribution in [0.1, 0.15) is 18.5 Å². The molecule has 1 heterocycles. The van der Waals surface area contributed by atoms with Gasteiger partial charge in [-0.2, -0.15) is 0 Å². The minimum absolute atomic E-state index is 0.154. The highest BCUT2D eigenvalue weighted by atomic mass is 16.5. The van der Waals surface area contributed by atoms with Crippen molar-refractivity contribution in [2.24, 2.45) is 5.73 Å². The van der Waals surface area contributed by atoms with Crippen LogP contribution < -0.4 is 15.2 Å². The van der Waals surface area contributed by atoms with Crippen molar-refractivity contribution in [3.05, 3.63) is 17.8 Å². The molecule has 0 unspecified atom stereocenters. The van der Waals surface area contributed by atoms with Gasteiger partial charge in [-0.3, -0.25) is 0 Å². The zero-order chi connectivity index (χ0) is 9.84. The second-order valence-electron chi connectivity index (χ2n) is 2.72. The normalized spacial score (nSPS) is 12.3. The summed E-state index contributed by atoms with van der Waals surface area (Å²) in [6.45, 7) is 1.86. The van der Waals surface area contributed by atoms with Crippen molar-refractivity contribution in [3.63, 3.8) is 0 Å². The Hall–Kier alpha value is -1.29. The second kappa shape index (κ2) is 4.09. The number of rotatable bonds is 3. The van der Waals surface area contributed by atoms with E-state index in [9.17, 15) is 0 Å². The van der Waals surface area contributed by atoms with Crippen LogP contribution in [0.2, 0.25) is 0 Å². The van der Waals surface area contributed by atoms with Gasteiger partial charge in [0.2, 0.25) is 5.88 Å². The lowest BCUT2D eigenvalue weighted by Crippen LogP contribution is -2.09. The number of pyridine rings is 1.